The van der Waals surface area contributed by atoms with Gasteiger partial charge in [-0.1, -0.05) is 0 Å². The average Bonchev–Trinajstić information content (AvgIpc) is 3.00. The van der Waals surface area contributed by atoms with Crippen molar-refractivity contribution < 1.29 is 28.6 Å². The van der Waals surface area contributed by atoms with E-state index in [1.807, 2.05) is 0 Å². The highest BCUT2D eigenvalue weighted by Gasteiger charge is 2.35. The zero-order valence-electron chi connectivity index (χ0n) is 15.1. The first-order valence-corrected chi connectivity index (χ1v) is 8.70. The predicted molar refractivity (Wildman–Crippen MR) is 95.7 cm³/mol. The molecule has 0 aliphatic carbocycles. The highest BCUT2D eigenvalue weighted by molar-refractivity contribution is 5.90. The molecular formula is C17H20FN4O6-. The number of aliphatic hydroxyl groups is 1. The Morgan fingerprint density at radius 2 is 2.21 bits per heavy atom. The van der Waals surface area contributed by atoms with Crippen molar-refractivity contribution in [3.8, 4) is 0 Å². The number of rotatable bonds is 6. The van der Waals surface area contributed by atoms with Crippen molar-refractivity contribution in [2.45, 2.75) is 25.6 Å². The van der Waals surface area contributed by atoms with Gasteiger partial charge in [-0.3, -0.25) is 14.5 Å². The number of halogens is 1. The molecule has 1 aromatic carbocycles. The lowest BCUT2D eigenvalue weighted by molar-refractivity contribution is -0.127. The minimum atomic E-state index is -0.801. The molecule has 2 aliphatic heterocycles. The summed E-state index contributed by atoms with van der Waals surface area (Å²) in [7, 11) is 0. The van der Waals surface area contributed by atoms with Crippen LogP contribution in [0.1, 0.15) is 13.3 Å². The van der Waals surface area contributed by atoms with Crippen LogP contribution in [-0.2, 0) is 14.3 Å². The third-order valence-corrected chi connectivity index (χ3v) is 4.64. The molecule has 2 heterocycles. The average molecular weight is 395 g/mol. The Bertz CT molecular complexity index is 791. The fourth-order valence-corrected chi connectivity index (χ4v) is 3.09. The number of benzene rings is 1. The molecule has 0 aromatic heterocycles. The number of anilines is 2. The van der Waals surface area contributed by atoms with E-state index in [1.165, 1.54) is 23.1 Å². The monoisotopic (exact) mass is 395 g/mol. The Labute approximate surface area is 160 Å². The number of carbonyl (C=O) groups excluding carboxylic acids is 3. The van der Waals surface area contributed by atoms with E-state index in [9.17, 15) is 24.0 Å². The van der Waals surface area contributed by atoms with Crippen molar-refractivity contribution in [1.29, 1.82) is 0 Å². The van der Waals surface area contributed by atoms with Gasteiger partial charge >= 0.3 is 6.09 Å². The van der Waals surface area contributed by atoms with Crippen LogP contribution in [0.4, 0.5) is 20.6 Å². The van der Waals surface area contributed by atoms with Crippen LogP contribution in [0.3, 0.4) is 0 Å². The summed E-state index contributed by atoms with van der Waals surface area (Å²) >= 11 is 0. The molecular weight excluding hydrogens is 375 g/mol. The van der Waals surface area contributed by atoms with Crippen molar-refractivity contribution >= 4 is 29.3 Å². The van der Waals surface area contributed by atoms with E-state index in [0.717, 1.165) is 6.92 Å². The number of nitrogens with zero attached hydrogens (tertiary/aromatic N) is 3. The third kappa shape index (κ3) is 3.99. The molecule has 1 aromatic rings. The molecule has 2 N–H and O–H groups in total. The van der Waals surface area contributed by atoms with E-state index in [1.54, 1.807) is 4.90 Å². The van der Waals surface area contributed by atoms with Gasteiger partial charge in [0, 0.05) is 26.4 Å². The first-order valence-electron chi connectivity index (χ1n) is 8.70. The zero-order valence-corrected chi connectivity index (χ0v) is 15.1. The molecule has 3 rings (SSSR count). The second kappa shape index (κ2) is 7.98. The lowest BCUT2D eigenvalue weighted by Crippen LogP contribution is -2.58. The van der Waals surface area contributed by atoms with Crippen molar-refractivity contribution in [3.63, 3.8) is 0 Å². The maximum Gasteiger partial charge on any atom is 0.414 e. The van der Waals surface area contributed by atoms with E-state index >= 15 is 0 Å². The number of cyclic esters (lactones) is 1. The standard InChI is InChI=1S/C17H20FN4O6/c1-10(24)22(27)8-12-7-21(17(26)28-12)11-2-3-14(13(18)6-11)20-5-4-15(20)19-16(25)9-23/h2-3,6,12,15,23H,4-5,7-9H2,1H3,(H,19,25)/q-1/t12-,15?/m0/s1. The second-order valence-electron chi connectivity index (χ2n) is 6.56. The van der Waals surface area contributed by atoms with E-state index in [4.69, 9.17) is 9.84 Å². The van der Waals surface area contributed by atoms with Gasteiger partial charge in [-0.15, -0.1) is 0 Å². The quantitative estimate of drug-likeness (QED) is 0.657. The molecule has 0 radical (unpaired) electrons. The Hall–Kier alpha value is -2.92. The predicted octanol–water partition coefficient (Wildman–Crippen LogP) is 0.142. The summed E-state index contributed by atoms with van der Waals surface area (Å²) in [6, 6.07) is 4.19. The Morgan fingerprint density at radius 3 is 2.79 bits per heavy atom. The summed E-state index contributed by atoms with van der Waals surface area (Å²) in [5, 5.41) is 23.0. The van der Waals surface area contributed by atoms with Gasteiger partial charge in [0.1, 0.15) is 24.7 Å². The Morgan fingerprint density at radius 1 is 1.46 bits per heavy atom. The van der Waals surface area contributed by atoms with E-state index in [2.05, 4.69) is 5.32 Å². The first kappa shape index (κ1) is 19.8. The number of aliphatic hydroxyl groups excluding tert-OH is 1. The summed E-state index contributed by atoms with van der Waals surface area (Å²) in [4.78, 5) is 37.2. The first-order chi connectivity index (χ1) is 13.3. The molecule has 11 heteroatoms. The zero-order chi connectivity index (χ0) is 20.4. The van der Waals surface area contributed by atoms with E-state index in [-0.39, 0.29) is 29.5 Å². The highest BCUT2D eigenvalue weighted by Crippen LogP contribution is 2.32. The van der Waals surface area contributed by atoms with Gasteiger partial charge in [-0.25, -0.2) is 9.18 Å². The lowest BCUT2D eigenvalue weighted by atomic mass is 10.1. The summed E-state index contributed by atoms with van der Waals surface area (Å²) in [5.74, 6) is -1.83. The maximum absolute atomic E-state index is 14.6. The molecule has 152 valence electrons. The maximum atomic E-state index is 14.6. The summed E-state index contributed by atoms with van der Waals surface area (Å²) < 4.78 is 19.7. The lowest BCUT2D eigenvalue weighted by Gasteiger charge is -2.43. The van der Waals surface area contributed by atoms with Crippen molar-refractivity contribution in [2.75, 3.05) is 36.0 Å². The normalized spacial score (nSPS) is 21.2. The molecule has 2 fully saturated rings. The Kier molecular flexibility index (Phi) is 5.66. The third-order valence-electron chi connectivity index (χ3n) is 4.64. The number of hydrogen-bond acceptors (Lipinski definition) is 7. The summed E-state index contributed by atoms with van der Waals surface area (Å²) in [6.45, 7) is 0.724. The number of carbonyl (C=O) groups is 3. The van der Waals surface area contributed by atoms with Gasteiger partial charge in [0.2, 0.25) is 11.8 Å². The molecule has 2 aliphatic rings. The SMILES string of the molecule is CC(=O)N([O-])C[C@@H]1CN(c2ccc(N3CCC3NC(=O)CO)c(F)c2)C(=O)O1. The summed E-state index contributed by atoms with van der Waals surface area (Å²) in [5.41, 5.74) is 0.509. The van der Waals surface area contributed by atoms with Crippen LogP contribution in [0.25, 0.3) is 0 Å². The molecule has 2 atom stereocenters. The van der Waals surface area contributed by atoms with Crippen LogP contribution >= 0.6 is 0 Å². The van der Waals surface area contributed by atoms with Gasteiger partial charge in [0.15, 0.2) is 0 Å². The van der Waals surface area contributed by atoms with Crippen LogP contribution in [0.15, 0.2) is 18.2 Å². The molecule has 0 saturated carbocycles. The molecule has 0 spiro atoms. The van der Waals surface area contributed by atoms with Crippen LogP contribution in [0.2, 0.25) is 0 Å². The number of hydrogen-bond donors (Lipinski definition) is 2. The number of nitrogens with one attached hydrogen (secondary N) is 1. The highest BCUT2D eigenvalue weighted by atomic mass is 19.1. The molecule has 3 amide bonds. The van der Waals surface area contributed by atoms with Crippen LogP contribution in [-0.4, -0.2) is 66.6 Å². The molecule has 10 nitrogen and oxygen atoms in total. The van der Waals surface area contributed by atoms with Gasteiger partial charge in [0.05, 0.1) is 17.9 Å². The number of amides is 3. The van der Waals surface area contributed by atoms with Crippen LogP contribution in [0.5, 0.6) is 0 Å². The van der Waals surface area contributed by atoms with Gasteiger partial charge in [-0.2, -0.15) is 0 Å². The van der Waals surface area contributed by atoms with Crippen molar-refractivity contribution in [3.05, 3.63) is 29.2 Å². The van der Waals surface area contributed by atoms with E-state index < -0.39 is 42.6 Å². The van der Waals surface area contributed by atoms with Gasteiger partial charge in [0.25, 0.3) is 0 Å². The number of hydroxylamine groups is 2. The van der Waals surface area contributed by atoms with Gasteiger partial charge in [-0.05, 0) is 18.2 Å². The molecule has 0 bridgehead atoms. The van der Waals surface area contributed by atoms with Crippen LogP contribution in [0, 0.1) is 11.0 Å². The number of ether oxygens (including phenoxy) is 1. The fraction of sp³-hybridized carbons (Fsp3) is 0.471. The largest absolute Gasteiger partial charge is 0.756 e. The fourth-order valence-electron chi connectivity index (χ4n) is 3.09. The molecule has 1 unspecified atom stereocenters. The van der Waals surface area contributed by atoms with E-state index in [0.29, 0.717) is 13.0 Å². The van der Waals surface area contributed by atoms with Gasteiger partial charge < -0.3 is 30.3 Å². The minimum absolute atomic E-state index is 0.0164. The molecule has 2 saturated heterocycles. The minimum Gasteiger partial charge on any atom is -0.756 e. The van der Waals surface area contributed by atoms with Crippen molar-refractivity contribution in [2.24, 2.45) is 0 Å². The second-order valence-corrected chi connectivity index (χ2v) is 6.56. The van der Waals surface area contributed by atoms with Crippen LogP contribution < -0.4 is 15.1 Å². The van der Waals surface area contributed by atoms with Crippen molar-refractivity contribution in [1.82, 2.24) is 10.4 Å². The topological polar surface area (TPSA) is 125 Å². The molecule has 28 heavy (non-hydrogen) atoms. The summed E-state index contributed by atoms with van der Waals surface area (Å²) in [6.07, 6.45) is -1.32. The Balaban J connectivity index is 1.68. The smallest absolute Gasteiger partial charge is 0.414 e.